The van der Waals surface area contributed by atoms with Gasteiger partial charge >= 0.3 is 0 Å². The van der Waals surface area contributed by atoms with Gasteiger partial charge < -0.3 is 4.90 Å². The van der Waals surface area contributed by atoms with Gasteiger partial charge in [0, 0.05) is 13.6 Å². The first-order valence-corrected chi connectivity index (χ1v) is 8.63. The van der Waals surface area contributed by atoms with Crippen molar-refractivity contribution in [1.29, 1.82) is 0 Å². The first kappa shape index (κ1) is 21.6. The van der Waals surface area contributed by atoms with Crippen molar-refractivity contribution in [2.45, 2.75) is 39.5 Å². The van der Waals surface area contributed by atoms with E-state index in [9.17, 15) is 19.2 Å². The van der Waals surface area contributed by atoms with Crippen LogP contribution in [-0.4, -0.2) is 52.7 Å². The third-order valence-electron chi connectivity index (χ3n) is 3.96. The molecule has 9 nitrogen and oxygen atoms in total. The van der Waals surface area contributed by atoms with Crippen LogP contribution in [0.2, 0.25) is 0 Å². The third kappa shape index (κ3) is 6.79. The molecule has 0 aliphatic carbocycles. The molecule has 1 atom stereocenters. The van der Waals surface area contributed by atoms with Crippen molar-refractivity contribution in [1.82, 2.24) is 20.5 Å². The standard InChI is InChI=1S/C16H27FN6O3/c1-4-6-7-8-12(10-23(26)11-24)15(25)20-21-16-18-9-13(14(17)19-16)22(3)5-2/h9,11-12,26H,4-8,10H2,1-3H3,(H,20,25)(H,18,19,21)/t12-/m1/s1. The van der Waals surface area contributed by atoms with E-state index in [-0.39, 0.29) is 24.6 Å². The summed E-state index contributed by atoms with van der Waals surface area (Å²) in [5, 5.41) is 9.78. The average Bonchev–Trinajstić information content (AvgIpc) is 2.64. The maximum absolute atomic E-state index is 14.0. The Kier molecular flexibility index (Phi) is 9.27. The molecule has 0 unspecified atom stereocenters. The molecule has 0 aromatic carbocycles. The first-order chi connectivity index (χ1) is 12.4. The largest absolute Gasteiger partial charge is 0.370 e. The molecule has 1 aromatic heterocycles. The van der Waals surface area contributed by atoms with Gasteiger partial charge in [0.15, 0.2) is 0 Å². The average molecular weight is 370 g/mol. The predicted molar refractivity (Wildman–Crippen MR) is 94.9 cm³/mol. The summed E-state index contributed by atoms with van der Waals surface area (Å²) in [5.74, 6) is -1.85. The summed E-state index contributed by atoms with van der Waals surface area (Å²) in [7, 11) is 1.71. The number of carbonyl (C=O) groups excluding carboxylic acids is 2. The molecule has 1 aromatic rings. The van der Waals surface area contributed by atoms with Crippen LogP contribution in [0.4, 0.5) is 16.0 Å². The lowest BCUT2D eigenvalue weighted by molar-refractivity contribution is -0.154. The van der Waals surface area contributed by atoms with E-state index in [1.165, 1.54) is 6.20 Å². The molecule has 0 radical (unpaired) electrons. The number of anilines is 2. The highest BCUT2D eigenvalue weighted by Gasteiger charge is 2.21. The molecule has 0 saturated carbocycles. The summed E-state index contributed by atoms with van der Waals surface area (Å²) in [6.07, 6.45) is 4.77. The maximum Gasteiger partial charge on any atom is 0.244 e. The van der Waals surface area contributed by atoms with Gasteiger partial charge in [0.1, 0.15) is 5.69 Å². The van der Waals surface area contributed by atoms with Crippen molar-refractivity contribution in [2.24, 2.45) is 5.92 Å². The van der Waals surface area contributed by atoms with Gasteiger partial charge in [0.25, 0.3) is 0 Å². The molecule has 3 N–H and O–H groups in total. The molecule has 2 amide bonds. The van der Waals surface area contributed by atoms with Crippen molar-refractivity contribution < 1.29 is 19.2 Å². The minimum absolute atomic E-state index is 0.0901. The van der Waals surface area contributed by atoms with Gasteiger partial charge in [-0.3, -0.25) is 25.6 Å². The van der Waals surface area contributed by atoms with Gasteiger partial charge in [-0.15, -0.1) is 0 Å². The Morgan fingerprint density at radius 1 is 1.42 bits per heavy atom. The van der Waals surface area contributed by atoms with Crippen LogP contribution in [0.5, 0.6) is 0 Å². The maximum atomic E-state index is 14.0. The minimum Gasteiger partial charge on any atom is -0.370 e. The van der Waals surface area contributed by atoms with Crippen LogP contribution in [0.3, 0.4) is 0 Å². The zero-order valence-electron chi connectivity index (χ0n) is 15.4. The highest BCUT2D eigenvalue weighted by Crippen LogP contribution is 2.16. The Hall–Kier alpha value is -2.49. The molecule has 0 aliphatic rings. The van der Waals surface area contributed by atoms with E-state index < -0.39 is 17.8 Å². The van der Waals surface area contributed by atoms with Crippen LogP contribution in [0.1, 0.15) is 39.5 Å². The quantitative estimate of drug-likeness (QED) is 0.168. The summed E-state index contributed by atoms with van der Waals surface area (Å²) in [4.78, 5) is 32.1. The highest BCUT2D eigenvalue weighted by molar-refractivity contribution is 5.80. The van der Waals surface area contributed by atoms with Crippen molar-refractivity contribution in [2.75, 3.05) is 30.5 Å². The molecule has 0 aliphatic heterocycles. The van der Waals surface area contributed by atoms with E-state index in [2.05, 4.69) is 20.8 Å². The fourth-order valence-corrected chi connectivity index (χ4v) is 2.28. The van der Waals surface area contributed by atoms with E-state index in [0.717, 1.165) is 19.3 Å². The Morgan fingerprint density at radius 3 is 2.73 bits per heavy atom. The second kappa shape index (κ2) is 11.2. The number of unbranched alkanes of at least 4 members (excludes halogenated alkanes) is 2. The van der Waals surface area contributed by atoms with Crippen molar-refractivity contribution >= 4 is 24.0 Å². The van der Waals surface area contributed by atoms with Crippen LogP contribution >= 0.6 is 0 Å². The van der Waals surface area contributed by atoms with Crippen molar-refractivity contribution in [3.63, 3.8) is 0 Å². The second-order valence-corrected chi connectivity index (χ2v) is 5.92. The lowest BCUT2D eigenvalue weighted by Crippen LogP contribution is -2.40. The number of rotatable bonds is 12. The molecule has 0 spiro atoms. The molecule has 1 heterocycles. The van der Waals surface area contributed by atoms with Crippen molar-refractivity contribution in [3.8, 4) is 0 Å². The summed E-state index contributed by atoms with van der Waals surface area (Å²) >= 11 is 0. The highest BCUT2D eigenvalue weighted by atomic mass is 19.1. The number of nitrogens with one attached hydrogen (secondary N) is 2. The van der Waals surface area contributed by atoms with E-state index in [1.807, 2.05) is 13.8 Å². The molecular weight excluding hydrogens is 343 g/mol. The van der Waals surface area contributed by atoms with Crippen LogP contribution in [-0.2, 0) is 9.59 Å². The van der Waals surface area contributed by atoms with Crippen LogP contribution in [0, 0.1) is 11.9 Å². The van der Waals surface area contributed by atoms with Gasteiger partial charge in [0.2, 0.25) is 24.2 Å². The van der Waals surface area contributed by atoms with E-state index in [1.54, 1.807) is 11.9 Å². The lowest BCUT2D eigenvalue weighted by Gasteiger charge is -2.20. The number of hydrazine groups is 1. The van der Waals surface area contributed by atoms with E-state index in [0.29, 0.717) is 18.0 Å². The Bertz CT molecular complexity index is 589. The van der Waals surface area contributed by atoms with Gasteiger partial charge in [0.05, 0.1) is 18.7 Å². The number of hydroxylamine groups is 2. The molecule has 1 rings (SSSR count). The Morgan fingerprint density at radius 2 is 2.15 bits per heavy atom. The summed E-state index contributed by atoms with van der Waals surface area (Å²) in [6, 6.07) is 0. The molecular formula is C16H27FN6O3. The first-order valence-electron chi connectivity index (χ1n) is 8.63. The minimum atomic E-state index is -0.705. The van der Waals surface area contributed by atoms with Gasteiger partial charge in [-0.25, -0.2) is 10.0 Å². The molecule has 0 bridgehead atoms. The zero-order valence-corrected chi connectivity index (χ0v) is 15.4. The predicted octanol–water partition coefficient (Wildman–Crippen LogP) is 1.56. The smallest absolute Gasteiger partial charge is 0.244 e. The number of hydrogen-bond acceptors (Lipinski definition) is 7. The number of halogens is 1. The Labute approximate surface area is 152 Å². The van der Waals surface area contributed by atoms with Crippen LogP contribution in [0.25, 0.3) is 0 Å². The fraction of sp³-hybridized carbons (Fsp3) is 0.625. The number of nitrogens with zero attached hydrogens (tertiary/aromatic N) is 4. The monoisotopic (exact) mass is 370 g/mol. The number of hydrogen-bond donors (Lipinski definition) is 3. The molecule has 10 heteroatoms. The van der Waals surface area contributed by atoms with Crippen LogP contribution < -0.4 is 15.8 Å². The molecule has 0 saturated heterocycles. The van der Waals surface area contributed by atoms with Gasteiger partial charge in [-0.05, 0) is 13.3 Å². The topological polar surface area (TPSA) is 111 Å². The summed E-state index contributed by atoms with van der Waals surface area (Å²) in [6.45, 7) is 4.37. The van der Waals surface area contributed by atoms with E-state index >= 15 is 0 Å². The third-order valence-corrected chi connectivity index (χ3v) is 3.96. The molecule has 26 heavy (non-hydrogen) atoms. The fourth-order valence-electron chi connectivity index (χ4n) is 2.28. The number of amides is 2. The van der Waals surface area contributed by atoms with Crippen molar-refractivity contribution in [3.05, 3.63) is 12.1 Å². The molecule has 0 fully saturated rings. The Balaban J connectivity index is 2.67. The number of aromatic nitrogens is 2. The second-order valence-electron chi connectivity index (χ2n) is 5.92. The normalized spacial score (nSPS) is 11.6. The van der Waals surface area contributed by atoms with Crippen LogP contribution in [0.15, 0.2) is 6.20 Å². The SMILES string of the molecule is CCCCC[C@H](CN(O)C=O)C(=O)NNc1ncc(N(C)CC)c(F)n1. The lowest BCUT2D eigenvalue weighted by atomic mass is 10.0. The summed E-state index contributed by atoms with van der Waals surface area (Å²) in [5.41, 5.74) is 5.11. The van der Waals surface area contributed by atoms with Gasteiger partial charge in [-0.2, -0.15) is 9.37 Å². The number of carbonyl (C=O) groups is 2. The van der Waals surface area contributed by atoms with Gasteiger partial charge in [-0.1, -0.05) is 26.2 Å². The zero-order chi connectivity index (χ0) is 19.5. The van der Waals surface area contributed by atoms with E-state index in [4.69, 9.17) is 0 Å². The summed E-state index contributed by atoms with van der Waals surface area (Å²) < 4.78 is 14.0. The molecule has 146 valence electrons.